The summed E-state index contributed by atoms with van der Waals surface area (Å²) in [5.41, 5.74) is 2.59. The van der Waals surface area contributed by atoms with Gasteiger partial charge in [0.1, 0.15) is 5.54 Å². The predicted octanol–water partition coefficient (Wildman–Crippen LogP) is 2.32. The number of hydrogen-bond donors (Lipinski definition) is 2. The highest BCUT2D eigenvalue weighted by atomic mass is 16.2. The van der Waals surface area contributed by atoms with E-state index in [4.69, 9.17) is 0 Å². The molecule has 1 aromatic carbocycles. The summed E-state index contributed by atoms with van der Waals surface area (Å²) in [6.45, 7) is 1.70. The number of carbonyl (C=O) groups excluding carboxylic acids is 3. The third-order valence-corrected chi connectivity index (χ3v) is 4.88. The number of urea groups is 1. The Labute approximate surface area is 147 Å². The summed E-state index contributed by atoms with van der Waals surface area (Å²) < 4.78 is 0. The maximum Gasteiger partial charge on any atom is 0.344 e. The van der Waals surface area contributed by atoms with Crippen LogP contribution in [0.5, 0.6) is 0 Å². The van der Waals surface area contributed by atoms with Crippen LogP contribution in [0.3, 0.4) is 0 Å². The van der Waals surface area contributed by atoms with E-state index >= 15 is 0 Å². The molecule has 25 heavy (non-hydrogen) atoms. The van der Waals surface area contributed by atoms with Crippen LogP contribution in [-0.4, -0.2) is 28.4 Å². The molecule has 0 spiro atoms. The molecule has 2 N–H and O–H groups in total. The second-order valence-corrected chi connectivity index (χ2v) is 6.85. The minimum Gasteiger partial charge on any atom is -0.322 e. The molecule has 1 fully saturated rings. The number of nitrogens with zero attached hydrogens (tertiary/aromatic N) is 1. The third-order valence-electron chi connectivity index (χ3n) is 4.88. The summed E-state index contributed by atoms with van der Waals surface area (Å²) in [6, 6.07) is 9.23. The molecule has 0 aromatic heterocycles. The zero-order valence-corrected chi connectivity index (χ0v) is 14.3. The SMILES string of the molecule is C[C@@]1(CCc2ccccc2)NC(=O)N(NC(=O)[C@H]2CC=CCC2)C1=O. The Hall–Kier alpha value is -2.63. The van der Waals surface area contributed by atoms with E-state index in [1.54, 1.807) is 6.92 Å². The molecular weight excluding hydrogens is 318 g/mol. The van der Waals surface area contributed by atoms with Crippen molar-refractivity contribution < 1.29 is 14.4 Å². The van der Waals surface area contributed by atoms with E-state index in [2.05, 4.69) is 10.7 Å². The van der Waals surface area contributed by atoms with Crippen LogP contribution in [0.4, 0.5) is 4.79 Å². The average Bonchev–Trinajstić information content (AvgIpc) is 2.85. The van der Waals surface area contributed by atoms with E-state index in [9.17, 15) is 14.4 Å². The molecule has 1 saturated heterocycles. The van der Waals surface area contributed by atoms with Crippen molar-refractivity contribution >= 4 is 17.8 Å². The monoisotopic (exact) mass is 341 g/mol. The maximum atomic E-state index is 12.7. The fraction of sp³-hybridized carbons (Fsp3) is 0.421. The summed E-state index contributed by atoms with van der Waals surface area (Å²) >= 11 is 0. The number of amides is 4. The van der Waals surface area contributed by atoms with Crippen LogP contribution >= 0.6 is 0 Å². The van der Waals surface area contributed by atoms with Crippen molar-refractivity contribution in [3.8, 4) is 0 Å². The second-order valence-electron chi connectivity index (χ2n) is 6.85. The lowest BCUT2D eigenvalue weighted by molar-refractivity contribution is -0.140. The van der Waals surface area contributed by atoms with Crippen molar-refractivity contribution in [3.05, 3.63) is 48.0 Å². The first-order valence-corrected chi connectivity index (χ1v) is 8.66. The molecule has 1 aliphatic heterocycles. The molecule has 6 nitrogen and oxygen atoms in total. The van der Waals surface area contributed by atoms with E-state index in [1.165, 1.54) is 0 Å². The Balaban J connectivity index is 1.62. The number of benzene rings is 1. The highest BCUT2D eigenvalue weighted by Crippen LogP contribution is 2.23. The Morgan fingerprint density at radius 1 is 1.28 bits per heavy atom. The van der Waals surface area contributed by atoms with Gasteiger partial charge >= 0.3 is 6.03 Å². The average molecular weight is 341 g/mol. The summed E-state index contributed by atoms with van der Waals surface area (Å²) in [6.07, 6.45) is 7.35. The molecule has 2 aliphatic rings. The maximum absolute atomic E-state index is 12.7. The lowest BCUT2D eigenvalue weighted by atomic mass is 9.93. The van der Waals surface area contributed by atoms with Crippen molar-refractivity contribution in [2.45, 2.75) is 44.6 Å². The molecule has 0 radical (unpaired) electrons. The van der Waals surface area contributed by atoms with Crippen LogP contribution in [0, 0.1) is 5.92 Å². The van der Waals surface area contributed by atoms with Crippen LogP contribution in [0.2, 0.25) is 0 Å². The molecule has 0 bridgehead atoms. The molecule has 1 aromatic rings. The van der Waals surface area contributed by atoms with Crippen LogP contribution in [-0.2, 0) is 16.0 Å². The highest BCUT2D eigenvalue weighted by molar-refractivity contribution is 6.07. The molecule has 4 amide bonds. The van der Waals surface area contributed by atoms with Gasteiger partial charge in [0, 0.05) is 5.92 Å². The molecule has 2 atom stereocenters. The second kappa shape index (κ2) is 7.09. The quantitative estimate of drug-likeness (QED) is 0.637. The normalized spacial score (nSPS) is 25.8. The first-order valence-electron chi connectivity index (χ1n) is 8.66. The number of imide groups is 1. The standard InChI is InChI=1S/C19H23N3O3/c1-19(13-12-14-8-4-2-5-9-14)17(24)22(18(25)20-19)21-16(23)15-10-6-3-7-11-15/h2-6,8-9,15H,7,10-13H2,1H3,(H,20,25)(H,21,23)/t15-,19-/m0/s1. The van der Waals surface area contributed by atoms with E-state index in [-0.39, 0.29) is 11.8 Å². The van der Waals surface area contributed by atoms with Crippen molar-refractivity contribution in [2.75, 3.05) is 0 Å². The zero-order valence-electron chi connectivity index (χ0n) is 14.3. The molecular formula is C19H23N3O3. The first-order chi connectivity index (χ1) is 12.0. The van der Waals surface area contributed by atoms with Gasteiger partial charge in [-0.05, 0) is 44.6 Å². The number of aryl methyl sites for hydroxylation is 1. The Morgan fingerprint density at radius 2 is 2.04 bits per heavy atom. The fourth-order valence-corrected chi connectivity index (χ4v) is 3.23. The summed E-state index contributed by atoms with van der Waals surface area (Å²) in [7, 11) is 0. The minimum absolute atomic E-state index is 0.193. The molecule has 0 saturated carbocycles. The minimum atomic E-state index is -1.01. The highest BCUT2D eigenvalue weighted by Gasteiger charge is 2.48. The smallest absolute Gasteiger partial charge is 0.322 e. The van der Waals surface area contributed by atoms with Gasteiger partial charge in [0.15, 0.2) is 0 Å². The van der Waals surface area contributed by atoms with Gasteiger partial charge in [-0.2, -0.15) is 5.01 Å². The number of rotatable bonds is 5. The van der Waals surface area contributed by atoms with Crippen molar-refractivity contribution in [1.82, 2.24) is 15.8 Å². The van der Waals surface area contributed by atoms with Gasteiger partial charge in [0.05, 0.1) is 0 Å². The molecule has 132 valence electrons. The van der Waals surface area contributed by atoms with Crippen LogP contribution in [0.25, 0.3) is 0 Å². The van der Waals surface area contributed by atoms with Crippen molar-refractivity contribution in [1.29, 1.82) is 0 Å². The van der Waals surface area contributed by atoms with Crippen molar-refractivity contribution in [3.63, 3.8) is 0 Å². The Kier molecular flexibility index (Phi) is 4.88. The largest absolute Gasteiger partial charge is 0.344 e. The first kappa shape index (κ1) is 17.2. The van der Waals surface area contributed by atoms with Gasteiger partial charge in [0.25, 0.3) is 5.91 Å². The number of hydrogen-bond acceptors (Lipinski definition) is 3. The number of nitrogens with one attached hydrogen (secondary N) is 2. The van der Waals surface area contributed by atoms with Gasteiger partial charge in [-0.25, -0.2) is 4.79 Å². The van der Waals surface area contributed by atoms with E-state index in [0.29, 0.717) is 19.3 Å². The van der Waals surface area contributed by atoms with Gasteiger partial charge < -0.3 is 5.32 Å². The van der Waals surface area contributed by atoms with Crippen molar-refractivity contribution in [2.24, 2.45) is 5.92 Å². The van der Waals surface area contributed by atoms with E-state index in [0.717, 1.165) is 23.4 Å². The topological polar surface area (TPSA) is 78.5 Å². The zero-order chi connectivity index (χ0) is 17.9. The Morgan fingerprint density at radius 3 is 2.72 bits per heavy atom. The van der Waals surface area contributed by atoms with Gasteiger partial charge in [-0.1, -0.05) is 42.5 Å². The molecule has 6 heteroatoms. The van der Waals surface area contributed by atoms with Gasteiger partial charge in [-0.15, -0.1) is 0 Å². The number of allylic oxidation sites excluding steroid dienone is 2. The lowest BCUT2D eigenvalue weighted by Crippen LogP contribution is -2.50. The molecule has 1 heterocycles. The Bertz CT molecular complexity index is 701. The molecule has 1 aliphatic carbocycles. The van der Waals surface area contributed by atoms with Crippen LogP contribution < -0.4 is 10.7 Å². The number of hydrazine groups is 1. The fourth-order valence-electron chi connectivity index (χ4n) is 3.23. The molecule has 0 unspecified atom stereocenters. The summed E-state index contributed by atoms with van der Waals surface area (Å²) in [5.74, 6) is -0.880. The molecule has 3 rings (SSSR count). The van der Waals surface area contributed by atoms with E-state index in [1.807, 2.05) is 42.5 Å². The van der Waals surface area contributed by atoms with Crippen LogP contribution in [0.1, 0.15) is 38.2 Å². The predicted molar refractivity (Wildman–Crippen MR) is 93.2 cm³/mol. The van der Waals surface area contributed by atoms with Gasteiger partial charge in [0.2, 0.25) is 5.91 Å². The summed E-state index contributed by atoms with van der Waals surface area (Å²) in [4.78, 5) is 37.2. The number of carbonyl (C=O) groups is 3. The summed E-state index contributed by atoms with van der Waals surface area (Å²) in [5, 5.41) is 3.56. The third kappa shape index (κ3) is 3.73. The lowest BCUT2D eigenvalue weighted by Gasteiger charge is -2.23. The van der Waals surface area contributed by atoms with Gasteiger partial charge in [-0.3, -0.25) is 15.0 Å². The van der Waals surface area contributed by atoms with E-state index < -0.39 is 17.5 Å². The van der Waals surface area contributed by atoms with Crippen LogP contribution in [0.15, 0.2) is 42.5 Å².